The first-order valence-corrected chi connectivity index (χ1v) is 11.8. The molecule has 4 nitrogen and oxygen atoms in total. The number of phenols is 1. The molecule has 0 amide bonds. The lowest BCUT2D eigenvalue weighted by Gasteiger charge is -2.30. The Morgan fingerprint density at radius 1 is 1.03 bits per heavy atom. The number of thiazole rings is 1. The van der Waals surface area contributed by atoms with Crippen LogP contribution in [0.2, 0.25) is 0 Å². The predicted molar refractivity (Wildman–Crippen MR) is 125 cm³/mol. The van der Waals surface area contributed by atoms with Crippen LogP contribution in [-0.4, -0.2) is 9.67 Å². The molecule has 152 valence electrons. The van der Waals surface area contributed by atoms with Gasteiger partial charge < -0.3 is 5.11 Å². The smallest absolute Gasteiger partial charge is 0.271 e. The van der Waals surface area contributed by atoms with Gasteiger partial charge in [0.25, 0.3) is 5.56 Å². The van der Waals surface area contributed by atoms with Gasteiger partial charge in [0.2, 0.25) is 0 Å². The van der Waals surface area contributed by atoms with Crippen LogP contribution in [0.25, 0.3) is 11.8 Å². The number of phenolic OH excluding ortho intramolecular Hbond substituents is 1. The standard InChI is InChI=1S/C25H18N2O2S2/c28-19-9-4-2-7-16(19)14-21-24(29)27-23(20-10-5-13-30-20)18-12-11-15-6-1-3-8-17(15)22(18)26-25(27)31-21/h1-10,13-14,23,28H,11-12H2/t23-/m0/s1. The molecule has 0 unspecified atom stereocenters. The van der Waals surface area contributed by atoms with Crippen LogP contribution in [0.5, 0.6) is 5.75 Å². The summed E-state index contributed by atoms with van der Waals surface area (Å²) in [5.74, 6) is 0.163. The molecule has 0 fully saturated rings. The molecule has 2 aromatic heterocycles. The normalized spacial score (nSPS) is 17.7. The van der Waals surface area contributed by atoms with Crippen molar-refractivity contribution in [2.75, 3.05) is 0 Å². The zero-order chi connectivity index (χ0) is 20.9. The first kappa shape index (κ1) is 18.5. The topological polar surface area (TPSA) is 54.6 Å². The number of rotatable bonds is 2. The minimum Gasteiger partial charge on any atom is -0.507 e. The highest BCUT2D eigenvalue weighted by atomic mass is 32.1. The molecule has 0 radical (unpaired) electrons. The van der Waals surface area contributed by atoms with Gasteiger partial charge in [-0.2, -0.15) is 0 Å². The Morgan fingerprint density at radius 2 is 1.87 bits per heavy atom. The molecule has 1 atom stereocenters. The quantitative estimate of drug-likeness (QED) is 0.509. The van der Waals surface area contributed by atoms with E-state index >= 15 is 0 Å². The van der Waals surface area contributed by atoms with Gasteiger partial charge in [-0.1, -0.05) is 59.9 Å². The zero-order valence-electron chi connectivity index (χ0n) is 16.5. The van der Waals surface area contributed by atoms with Crippen molar-refractivity contribution in [3.8, 4) is 5.75 Å². The van der Waals surface area contributed by atoms with E-state index in [0.717, 1.165) is 23.4 Å². The summed E-state index contributed by atoms with van der Waals surface area (Å²) in [6.07, 6.45) is 3.61. The fourth-order valence-electron chi connectivity index (χ4n) is 4.47. The monoisotopic (exact) mass is 442 g/mol. The van der Waals surface area contributed by atoms with E-state index in [2.05, 4.69) is 35.7 Å². The van der Waals surface area contributed by atoms with E-state index in [-0.39, 0.29) is 17.4 Å². The third kappa shape index (κ3) is 2.94. The summed E-state index contributed by atoms with van der Waals surface area (Å²) in [7, 11) is 0. The van der Waals surface area contributed by atoms with Gasteiger partial charge in [0, 0.05) is 16.0 Å². The summed E-state index contributed by atoms with van der Waals surface area (Å²) in [4.78, 5) is 20.4. The molecule has 0 bridgehead atoms. The molecule has 6 heteroatoms. The molecule has 2 aliphatic rings. The molecule has 1 aliphatic heterocycles. The van der Waals surface area contributed by atoms with Crippen molar-refractivity contribution in [1.82, 2.24) is 4.57 Å². The number of allylic oxidation sites excluding steroid dienone is 1. The SMILES string of the molecule is O=c1c(=Cc2ccccc2O)sc2n1[C@H](c1cccs1)C1=C(N=2)c2ccccc2CC1. The highest BCUT2D eigenvalue weighted by Gasteiger charge is 2.32. The number of aromatic hydroxyl groups is 1. The van der Waals surface area contributed by atoms with Crippen molar-refractivity contribution < 1.29 is 5.11 Å². The van der Waals surface area contributed by atoms with Gasteiger partial charge in [-0.15, -0.1) is 11.3 Å². The Hall–Kier alpha value is -3.22. The summed E-state index contributed by atoms with van der Waals surface area (Å²) in [6, 6.07) is 19.5. The molecule has 4 aromatic rings. The zero-order valence-corrected chi connectivity index (χ0v) is 18.1. The molecular weight excluding hydrogens is 424 g/mol. The molecule has 31 heavy (non-hydrogen) atoms. The van der Waals surface area contributed by atoms with Crippen LogP contribution in [-0.2, 0) is 6.42 Å². The second kappa shape index (κ2) is 7.18. The molecule has 1 N–H and O–H groups in total. The number of fused-ring (bicyclic) bond motifs is 3. The van der Waals surface area contributed by atoms with E-state index in [1.54, 1.807) is 29.5 Å². The number of hydrogen-bond donors (Lipinski definition) is 1. The third-order valence-corrected chi connectivity index (χ3v) is 7.82. The predicted octanol–water partition coefficient (Wildman–Crippen LogP) is 4.09. The fraction of sp³-hybridized carbons (Fsp3) is 0.120. The number of thiophene rings is 1. The van der Waals surface area contributed by atoms with Crippen LogP contribution in [0, 0.1) is 0 Å². The summed E-state index contributed by atoms with van der Waals surface area (Å²) < 4.78 is 2.42. The van der Waals surface area contributed by atoms with Crippen LogP contribution in [0.3, 0.4) is 0 Å². The average molecular weight is 443 g/mol. The number of hydrogen-bond acceptors (Lipinski definition) is 5. The van der Waals surface area contributed by atoms with Gasteiger partial charge in [-0.05, 0) is 47.6 Å². The van der Waals surface area contributed by atoms with Gasteiger partial charge in [-0.3, -0.25) is 9.36 Å². The number of aromatic nitrogens is 1. The Balaban J connectivity index is 1.64. The maximum atomic E-state index is 13.5. The lowest BCUT2D eigenvalue weighted by Crippen LogP contribution is -2.38. The number of aryl methyl sites for hydroxylation is 1. The van der Waals surface area contributed by atoms with Crippen molar-refractivity contribution in [1.29, 1.82) is 0 Å². The van der Waals surface area contributed by atoms with Crippen molar-refractivity contribution >= 4 is 34.4 Å². The van der Waals surface area contributed by atoms with Crippen LogP contribution in [0.1, 0.15) is 34.0 Å². The van der Waals surface area contributed by atoms with Gasteiger partial charge in [-0.25, -0.2) is 4.99 Å². The first-order chi connectivity index (χ1) is 15.2. The van der Waals surface area contributed by atoms with Crippen LogP contribution in [0.4, 0.5) is 0 Å². The maximum Gasteiger partial charge on any atom is 0.271 e. The van der Waals surface area contributed by atoms with Crippen molar-refractivity contribution in [2.45, 2.75) is 18.9 Å². The Bertz CT molecular complexity index is 1520. The average Bonchev–Trinajstić information content (AvgIpc) is 3.43. The maximum absolute atomic E-state index is 13.5. The van der Waals surface area contributed by atoms with Crippen molar-refractivity contribution in [3.63, 3.8) is 0 Å². The van der Waals surface area contributed by atoms with Crippen molar-refractivity contribution in [2.24, 2.45) is 4.99 Å². The molecule has 1 aliphatic carbocycles. The molecule has 0 spiro atoms. The van der Waals surface area contributed by atoms with Gasteiger partial charge in [0.15, 0.2) is 4.80 Å². The lowest BCUT2D eigenvalue weighted by atomic mass is 9.85. The molecule has 6 rings (SSSR count). The van der Waals surface area contributed by atoms with E-state index in [4.69, 9.17) is 4.99 Å². The van der Waals surface area contributed by atoms with Gasteiger partial charge >= 0.3 is 0 Å². The number of benzene rings is 2. The van der Waals surface area contributed by atoms with Crippen LogP contribution in [0.15, 0.2) is 81.4 Å². The largest absolute Gasteiger partial charge is 0.507 e. The number of para-hydroxylation sites is 1. The molecule has 2 aromatic carbocycles. The lowest BCUT2D eigenvalue weighted by molar-refractivity contribution is 0.474. The summed E-state index contributed by atoms with van der Waals surface area (Å²) >= 11 is 3.06. The molecular formula is C25H18N2O2S2. The van der Waals surface area contributed by atoms with E-state index in [1.807, 2.05) is 22.8 Å². The third-order valence-electron chi connectivity index (χ3n) is 5.91. The fourth-order valence-corrected chi connectivity index (χ4v) is 6.31. The van der Waals surface area contributed by atoms with Gasteiger partial charge in [0.1, 0.15) is 5.75 Å². The van der Waals surface area contributed by atoms with Gasteiger partial charge in [0.05, 0.1) is 16.3 Å². The molecule has 0 saturated carbocycles. The Kier molecular flexibility index (Phi) is 4.30. The van der Waals surface area contributed by atoms with Crippen LogP contribution < -0.4 is 14.9 Å². The highest BCUT2D eigenvalue weighted by molar-refractivity contribution is 7.10. The number of nitrogens with zero attached hydrogens (tertiary/aromatic N) is 2. The van der Waals surface area contributed by atoms with E-state index in [1.165, 1.54) is 28.0 Å². The van der Waals surface area contributed by atoms with E-state index in [9.17, 15) is 9.90 Å². The molecule has 0 saturated heterocycles. The Labute approximate surface area is 186 Å². The Morgan fingerprint density at radius 3 is 2.71 bits per heavy atom. The van der Waals surface area contributed by atoms with Crippen molar-refractivity contribution in [3.05, 3.63) is 113 Å². The summed E-state index contributed by atoms with van der Waals surface area (Å²) in [5.41, 5.74) is 5.27. The van der Waals surface area contributed by atoms with Crippen LogP contribution >= 0.6 is 22.7 Å². The minimum atomic E-state index is -0.133. The van der Waals surface area contributed by atoms with E-state index < -0.39 is 0 Å². The summed E-state index contributed by atoms with van der Waals surface area (Å²) in [6.45, 7) is 0. The second-order valence-electron chi connectivity index (χ2n) is 7.69. The second-order valence-corrected chi connectivity index (χ2v) is 9.68. The van der Waals surface area contributed by atoms with E-state index in [0.29, 0.717) is 14.9 Å². The first-order valence-electron chi connectivity index (χ1n) is 10.2. The summed E-state index contributed by atoms with van der Waals surface area (Å²) in [5, 5.41) is 12.2. The molecule has 3 heterocycles. The minimum absolute atomic E-state index is 0.0594. The highest BCUT2D eigenvalue weighted by Crippen LogP contribution is 2.42.